The van der Waals surface area contributed by atoms with Crippen molar-refractivity contribution in [1.29, 1.82) is 0 Å². The number of para-hydroxylation sites is 4. The molecule has 10 rings (SSSR count). The number of ether oxygens (including phenoxy) is 1. The van der Waals surface area contributed by atoms with Crippen molar-refractivity contribution in [1.82, 2.24) is 9.55 Å². The molecule has 7 aromatic carbocycles. The molecule has 0 aliphatic carbocycles. The Bertz CT molecular complexity index is 3350. The molecule has 0 radical (unpaired) electrons. The second-order valence-electron chi connectivity index (χ2n) is 18.3. The summed E-state index contributed by atoms with van der Waals surface area (Å²) in [6.45, 7) is 15.7. The minimum absolute atomic E-state index is 0. The fourth-order valence-electron chi connectivity index (χ4n) is 9.02. The molecule has 7 heteroatoms. The van der Waals surface area contributed by atoms with Gasteiger partial charge in [0, 0.05) is 55.4 Å². The van der Waals surface area contributed by atoms with Gasteiger partial charge in [-0.25, -0.2) is 4.98 Å². The van der Waals surface area contributed by atoms with E-state index in [1.165, 1.54) is 22.3 Å². The molecule has 0 unspecified atom stereocenters. The average Bonchev–Trinajstić information content (AvgIpc) is 3.84. The van der Waals surface area contributed by atoms with Crippen LogP contribution < -0.4 is 15.0 Å². The number of pyridine rings is 1. The smallest absolute Gasteiger partial charge is 0.137 e. The van der Waals surface area contributed by atoms with Gasteiger partial charge in [0.1, 0.15) is 17.0 Å². The monoisotopic (exact) mass is 1030 g/mol. The molecule has 0 amide bonds. The van der Waals surface area contributed by atoms with Gasteiger partial charge in [0.25, 0.3) is 0 Å². The molecule has 3 heterocycles. The number of hydrogen-bond donors (Lipinski definition) is 1. The van der Waals surface area contributed by atoms with Crippen LogP contribution in [0.1, 0.15) is 77.0 Å². The van der Waals surface area contributed by atoms with Crippen LogP contribution in [0.25, 0.3) is 60.7 Å². The number of benzene rings is 7. The maximum atomic E-state index is 6.92. The molecule has 0 fully saturated rings. The Labute approximate surface area is 396 Å². The number of aromatic nitrogens is 2. The van der Waals surface area contributed by atoms with Gasteiger partial charge in [-0.1, -0.05) is 127 Å². The summed E-state index contributed by atoms with van der Waals surface area (Å²) in [5.41, 5.74) is 13.0. The molecule has 10 aromatic rings. The summed E-state index contributed by atoms with van der Waals surface area (Å²) in [4.78, 5) is 6.83. The molecule has 0 saturated carbocycles. The van der Waals surface area contributed by atoms with Crippen LogP contribution in [0.3, 0.4) is 0 Å². The van der Waals surface area contributed by atoms with E-state index in [1.807, 2.05) is 59.6 Å². The summed E-state index contributed by atoms with van der Waals surface area (Å²) in [6, 6.07) is 57.7. The largest absolute Gasteiger partial charge is 0.515 e. The fourth-order valence-corrected chi connectivity index (χ4v) is 9.02. The van der Waals surface area contributed by atoms with Crippen LogP contribution >= 0.6 is 0 Å². The SMILES string of the molecule is [CH2-]N(c1[c-]c(Oc2[c-]c3c(cc2)c2ccccc2n3-c2cc(C(C)(C)C)ccn2)cc(-c2c(C(C)C)cccc2C(C)C)c1)c1ccccc1Nc1cccc2oc3ccccc3c12.[Pt]. The van der Waals surface area contributed by atoms with Gasteiger partial charge >= 0.3 is 0 Å². The molecule has 0 aliphatic rings. The third-order valence-electron chi connectivity index (χ3n) is 12.3. The van der Waals surface area contributed by atoms with Gasteiger partial charge in [-0.15, -0.1) is 47.0 Å². The first-order chi connectivity index (χ1) is 30.9. The first-order valence-electron chi connectivity index (χ1n) is 22.1. The molecule has 0 saturated heterocycles. The Morgan fingerprint density at radius 2 is 1.35 bits per heavy atom. The minimum Gasteiger partial charge on any atom is -0.515 e. The van der Waals surface area contributed by atoms with Crippen molar-refractivity contribution in [3.8, 4) is 28.4 Å². The Hall–Kier alpha value is -6.62. The number of hydrogen-bond acceptors (Lipinski definition) is 5. The van der Waals surface area contributed by atoms with Gasteiger partial charge in [-0.05, 0) is 93.4 Å². The zero-order valence-electron chi connectivity index (χ0n) is 37.8. The fraction of sp³-hybridized carbons (Fsp3) is 0.172. The Kier molecular flexibility index (Phi) is 11.7. The van der Waals surface area contributed by atoms with E-state index in [0.717, 1.165) is 77.9 Å². The quantitative estimate of drug-likeness (QED) is 0.138. The second-order valence-corrected chi connectivity index (χ2v) is 18.3. The molecule has 0 aliphatic heterocycles. The molecule has 6 nitrogen and oxygen atoms in total. The van der Waals surface area contributed by atoms with E-state index in [0.29, 0.717) is 11.5 Å². The maximum Gasteiger partial charge on any atom is 0.137 e. The predicted octanol–water partition coefficient (Wildman–Crippen LogP) is 16.4. The first-order valence-corrected chi connectivity index (χ1v) is 22.1. The van der Waals surface area contributed by atoms with Crippen LogP contribution in [0.15, 0.2) is 156 Å². The van der Waals surface area contributed by atoms with Gasteiger partial charge in [-0.3, -0.25) is 7.05 Å². The summed E-state index contributed by atoms with van der Waals surface area (Å²) in [5.74, 6) is 2.54. The van der Waals surface area contributed by atoms with Crippen LogP contribution in [0.2, 0.25) is 0 Å². The summed E-state index contributed by atoms with van der Waals surface area (Å²) in [5, 5.41) is 8.04. The molecule has 0 bridgehead atoms. The van der Waals surface area contributed by atoms with Gasteiger partial charge in [0.2, 0.25) is 0 Å². The van der Waals surface area contributed by atoms with E-state index < -0.39 is 0 Å². The summed E-state index contributed by atoms with van der Waals surface area (Å²) in [7, 11) is 4.69. The van der Waals surface area contributed by atoms with Crippen LogP contribution in [-0.2, 0) is 26.5 Å². The van der Waals surface area contributed by atoms with Crippen LogP contribution in [0.4, 0.5) is 22.7 Å². The summed E-state index contributed by atoms with van der Waals surface area (Å²) < 4.78 is 15.4. The maximum absolute atomic E-state index is 6.92. The van der Waals surface area contributed by atoms with E-state index in [1.54, 1.807) is 0 Å². The van der Waals surface area contributed by atoms with Gasteiger partial charge in [0.15, 0.2) is 0 Å². The standard InChI is InChI=1S/C58H51N4O2.Pt/c1-36(2)43-19-15-20-44(37(3)4)56(43)38-31-40(61(8)51-24-13-11-21-48(51)60-49-22-16-26-54-57(49)47-18-10-14-25-53(47)64-54)34-42(32-38)63-41-27-28-46-45-17-9-12-23-50(45)62(52(46)35-41)55-33-39(29-30-59-55)58(5,6)7;/h9-33,36-37,60H,8H2,1-7H3;/q-3;. The van der Waals surface area contributed by atoms with E-state index in [9.17, 15) is 0 Å². The Morgan fingerprint density at radius 1 is 0.677 bits per heavy atom. The first kappa shape index (κ1) is 43.6. The van der Waals surface area contributed by atoms with E-state index in [4.69, 9.17) is 14.1 Å². The minimum atomic E-state index is -0.0437. The van der Waals surface area contributed by atoms with Crippen LogP contribution in [-0.4, -0.2) is 9.55 Å². The van der Waals surface area contributed by atoms with Crippen molar-refractivity contribution < 1.29 is 30.2 Å². The second kappa shape index (κ2) is 17.4. The molecule has 328 valence electrons. The zero-order valence-corrected chi connectivity index (χ0v) is 40.0. The molecule has 0 atom stereocenters. The molecule has 0 spiro atoms. The molecular formula is C58H51N4O2Pt-3. The Morgan fingerprint density at radius 3 is 2.12 bits per heavy atom. The zero-order chi connectivity index (χ0) is 44.3. The van der Waals surface area contributed by atoms with E-state index in [2.05, 4.69) is 175 Å². The van der Waals surface area contributed by atoms with E-state index >= 15 is 0 Å². The number of furan rings is 1. The third kappa shape index (κ3) is 8.10. The van der Waals surface area contributed by atoms with Crippen LogP contribution in [0, 0.1) is 19.2 Å². The molecule has 1 N–H and O–H groups in total. The molecule has 3 aromatic heterocycles. The van der Waals surface area contributed by atoms with Crippen molar-refractivity contribution in [2.24, 2.45) is 0 Å². The van der Waals surface area contributed by atoms with Crippen molar-refractivity contribution >= 4 is 66.5 Å². The summed E-state index contributed by atoms with van der Waals surface area (Å²) in [6.07, 6.45) is 1.90. The topological polar surface area (TPSA) is 55.5 Å². The summed E-state index contributed by atoms with van der Waals surface area (Å²) >= 11 is 0. The number of rotatable bonds is 10. The normalized spacial score (nSPS) is 11.8. The third-order valence-corrected chi connectivity index (χ3v) is 12.3. The molecule has 65 heavy (non-hydrogen) atoms. The van der Waals surface area contributed by atoms with E-state index in [-0.39, 0.29) is 38.3 Å². The van der Waals surface area contributed by atoms with Gasteiger partial charge in [-0.2, -0.15) is 6.07 Å². The van der Waals surface area contributed by atoms with Crippen molar-refractivity contribution in [2.75, 3.05) is 10.2 Å². The van der Waals surface area contributed by atoms with Crippen molar-refractivity contribution in [3.05, 3.63) is 188 Å². The van der Waals surface area contributed by atoms with Gasteiger partial charge < -0.3 is 23.9 Å². The van der Waals surface area contributed by atoms with Crippen molar-refractivity contribution in [2.45, 2.75) is 65.7 Å². The average molecular weight is 1030 g/mol. The number of fused-ring (bicyclic) bond motifs is 6. The van der Waals surface area contributed by atoms with Crippen molar-refractivity contribution in [3.63, 3.8) is 0 Å². The van der Waals surface area contributed by atoms with Crippen LogP contribution in [0.5, 0.6) is 11.5 Å². The predicted molar refractivity (Wildman–Crippen MR) is 266 cm³/mol. The van der Waals surface area contributed by atoms with Gasteiger partial charge in [0.05, 0.1) is 16.8 Å². The number of nitrogens with one attached hydrogen (secondary N) is 1. The number of nitrogens with zero attached hydrogens (tertiary/aromatic N) is 3. The Balaban J connectivity index is 0.00000533. The number of anilines is 4. The molecular weight excluding hydrogens is 980 g/mol.